The average Bonchev–Trinajstić information content (AvgIpc) is 2.49. The Labute approximate surface area is 145 Å². The Hall–Kier alpha value is 0.870. The Balaban J connectivity index is 0. The van der Waals surface area contributed by atoms with E-state index in [9.17, 15) is 0 Å². The molecule has 21 heavy (non-hydrogen) atoms. The van der Waals surface area contributed by atoms with Gasteiger partial charge in [-0.25, -0.2) is 0 Å². The molecule has 0 spiro atoms. The molecular weight excluding hydrogens is 343 g/mol. The molecule has 0 aliphatic carbocycles. The van der Waals surface area contributed by atoms with Crippen LogP contribution in [0.3, 0.4) is 0 Å². The second-order valence-electron chi connectivity index (χ2n) is 6.27. The van der Waals surface area contributed by atoms with E-state index in [1.54, 1.807) is 6.16 Å². The lowest BCUT2D eigenvalue weighted by Gasteiger charge is -2.23. The van der Waals surface area contributed by atoms with E-state index in [1.807, 2.05) is 0 Å². The lowest BCUT2D eigenvalue weighted by atomic mass is 10.1. The van der Waals surface area contributed by atoms with E-state index >= 15 is 0 Å². The van der Waals surface area contributed by atoms with Crippen LogP contribution in [-0.2, 0) is 0 Å². The van der Waals surface area contributed by atoms with Crippen molar-refractivity contribution in [3.8, 4) is 0 Å². The largest absolute Gasteiger partial charge is 1.00 e. The molecule has 0 amide bonds. The first kappa shape index (κ1) is 24.1. The highest BCUT2D eigenvalue weighted by atomic mass is 79.9. The van der Waals surface area contributed by atoms with Crippen molar-refractivity contribution < 1.29 is 22.1 Å². The molecule has 0 saturated carbocycles. The number of aliphatic hydroxyl groups is 1. The van der Waals surface area contributed by atoms with Gasteiger partial charge in [-0.1, -0.05) is 44.9 Å². The van der Waals surface area contributed by atoms with Gasteiger partial charge in [0.2, 0.25) is 0 Å². The van der Waals surface area contributed by atoms with Gasteiger partial charge >= 0.3 is 0 Å². The highest BCUT2D eigenvalue weighted by Gasteiger charge is 2.29. The molecule has 0 saturated heterocycles. The van der Waals surface area contributed by atoms with Crippen molar-refractivity contribution in [2.45, 2.75) is 85.0 Å². The summed E-state index contributed by atoms with van der Waals surface area (Å²) in [6.07, 6.45) is 19.5. The summed E-state index contributed by atoms with van der Waals surface area (Å²) in [5, 5.41) is 8.70. The van der Waals surface area contributed by atoms with Crippen LogP contribution in [0.5, 0.6) is 0 Å². The average molecular weight is 383 g/mol. The van der Waals surface area contributed by atoms with Gasteiger partial charge in [-0.3, -0.25) is 0 Å². The van der Waals surface area contributed by atoms with E-state index in [-0.39, 0.29) is 17.0 Å². The van der Waals surface area contributed by atoms with Crippen molar-refractivity contribution in [2.24, 2.45) is 0 Å². The van der Waals surface area contributed by atoms with Crippen LogP contribution in [0, 0.1) is 0 Å². The standard InChI is InChI=1S/C18H40OP.BrH/c1-4-20(5-2,6-3)18-16-14-12-10-8-7-9-11-13-15-17-19;/h19H,4-18H2,1-3H3;1H/q+1;/p-1. The highest BCUT2D eigenvalue weighted by molar-refractivity contribution is 7.75. The zero-order valence-corrected chi connectivity index (χ0v) is 17.4. The lowest BCUT2D eigenvalue weighted by Crippen LogP contribution is -3.00. The van der Waals surface area contributed by atoms with E-state index in [0.717, 1.165) is 6.42 Å². The predicted molar refractivity (Wildman–Crippen MR) is 96.7 cm³/mol. The molecule has 0 aromatic carbocycles. The molecule has 130 valence electrons. The third-order valence-corrected chi connectivity index (χ3v) is 10.3. The Morgan fingerprint density at radius 2 is 0.905 bits per heavy atom. The summed E-state index contributed by atoms with van der Waals surface area (Å²) in [5.74, 6) is 0. The van der Waals surface area contributed by atoms with Crippen LogP contribution in [0.4, 0.5) is 0 Å². The highest BCUT2D eigenvalue weighted by Crippen LogP contribution is 2.58. The molecule has 0 aromatic rings. The summed E-state index contributed by atoms with van der Waals surface area (Å²) in [5.41, 5.74) is 0. The number of hydrogen-bond acceptors (Lipinski definition) is 1. The number of unbranched alkanes of at least 4 members (excludes halogenated alkanes) is 9. The number of aliphatic hydroxyl groups excluding tert-OH is 1. The quantitative estimate of drug-likeness (QED) is 0.341. The minimum absolute atomic E-state index is 0. The third kappa shape index (κ3) is 13.0. The van der Waals surface area contributed by atoms with Crippen LogP contribution in [0.25, 0.3) is 0 Å². The van der Waals surface area contributed by atoms with E-state index in [2.05, 4.69) is 20.8 Å². The minimum atomic E-state index is -0.536. The Morgan fingerprint density at radius 1 is 0.571 bits per heavy atom. The van der Waals surface area contributed by atoms with Crippen LogP contribution in [0.2, 0.25) is 0 Å². The SMILES string of the molecule is CC[P+](CC)(CC)CCCCCCCCCCCCO.[Br-]. The minimum Gasteiger partial charge on any atom is -1.00 e. The first-order valence-corrected chi connectivity index (χ1v) is 11.7. The van der Waals surface area contributed by atoms with Crippen LogP contribution < -0.4 is 17.0 Å². The molecule has 0 aromatic heterocycles. The molecule has 0 rings (SSSR count). The van der Waals surface area contributed by atoms with Crippen LogP contribution in [0.15, 0.2) is 0 Å². The second-order valence-corrected chi connectivity index (χ2v) is 11.3. The smallest absolute Gasteiger partial charge is 0.0594 e. The van der Waals surface area contributed by atoms with Gasteiger partial charge in [-0.05, 0) is 40.0 Å². The maximum absolute atomic E-state index is 8.70. The predicted octanol–water partition coefficient (Wildman–Crippen LogP) is 2.96. The van der Waals surface area contributed by atoms with Crippen molar-refractivity contribution in [3.05, 3.63) is 0 Å². The molecule has 0 bridgehead atoms. The molecule has 1 nitrogen and oxygen atoms in total. The Bertz CT molecular complexity index is 187. The van der Waals surface area contributed by atoms with Gasteiger partial charge in [0, 0.05) is 13.9 Å². The van der Waals surface area contributed by atoms with Crippen molar-refractivity contribution >= 4 is 7.26 Å². The molecule has 0 unspecified atom stereocenters. The van der Waals surface area contributed by atoms with Gasteiger partial charge in [0.25, 0.3) is 0 Å². The van der Waals surface area contributed by atoms with E-state index in [1.165, 1.54) is 76.3 Å². The Kier molecular flexibility index (Phi) is 19.8. The molecule has 0 aliphatic heterocycles. The monoisotopic (exact) mass is 382 g/mol. The molecule has 0 aliphatic rings. The van der Waals surface area contributed by atoms with E-state index < -0.39 is 7.26 Å². The molecule has 0 fully saturated rings. The van der Waals surface area contributed by atoms with Crippen molar-refractivity contribution in [1.29, 1.82) is 0 Å². The van der Waals surface area contributed by atoms with Gasteiger partial charge in [0.15, 0.2) is 0 Å². The summed E-state index contributed by atoms with van der Waals surface area (Å²) >= 11 is 0. The molecule has 0 heterocycles. The summed E-state index contributed by atoms with van der Waals surface area (Å²) in [6, 6.07) is 0. The molecule has 0 atom stereocenters. The maximum Gasteiger partial charge on any atom is 0.0594 e. The van der Waals surface area contributed by atoms with Gasteiger partial charge < -0.3 is 22.1 Å². The van der Waals surface area contributed by atoms with Crippen LogP contribution in [0.1, 0.15) is 85.0 Å². The fourth-order valence-corrected chi connectivity index (χ4v) is 6.30. The van der Waals surface area contributed by atoms with E-state index in [4.69, 9.17) is 5.11 Å². The Morgan fingerprint density at radius 3 is 1.24 bits per heavy atom. The fourth-order valence-electron chi connectivity index (χ4n) is 3.12. The summed E-state index contributed by atoms with van der Waals surface area (Å²) in [6.45, 7) is 7.62. The molecule has 1 N–H and O–H groups in total. The lowest BCUT2D eigenvalue weighted by molar-refractivity contribution is -0.00000570. The van der Waals surface area contributed by atoms with Crippen LogP contribution in [-0.4, -0.2) is 36.4 Å². The van der Waals surface area contributed by atoms with Gasteiger partial charge in [0.05, 0.1) is 24.6 Å². The van der Waals surface area contributed by atoms with Crippen molar-refractivity contribution in [3.63, 3.8) is 0 Å². The van der Waals surface area contributed by atoms with Gasteiger partial charge in [-0.2, -0.15) is 0 Å². The molecule has 0 radical (unpaired) electrons. The normalized spacial score (nSPS) is 11.4. The van der Waals surface area contributed by atoms with E-state index in [0.29, 0.717) is 6.61 Å². The topological polar surface area (TPSA) is 20.2 Å². The first-order chi connectivity index (χ1) is 9.74. The van der Waals surface area contributed by atoms with Gasteiger partial charge in [-0.15, -0.1) is 0 Å². The van der Waals surface area contributed by atoms with Gasteiger partial charge in [0.1, 0.15) is 0 Å². The summed E-state index contributed by atoms with van der Waals surface area (Å²) in [4.78, 5) is 0. The summed E-state index contributed by atoms with van der Waals surface area (Å²) in [7, 11) is -0.536. The number of halogens is 1. The zero-order chi connectivity index (χ0) is 15.1. The molecular formula is C18H40BrOP. The van der Waals surface area contributed by atoms with Crippen molar-refractivity contribution in [2.75, 3.05) is 31.3 Å². The van der Waals surface area contributed by atoms with Crippen LogP contribution >= 0.6 is 7.26 Å². The fraction of sp³-hybridized carbons (Fsp3) is 1.00. The zero-order valence-electron chi connectivity index (χ0n) is 14.9. The molecule has 3 heteroatoms. The maximum atomic E-state index is 8.70. The third-order valence-electron chi connectivity index (χ3n) is 5.05. The second kappa shape index (κ2) is 17.2. The number of rotatable bonds is 15. The van der Waals surface area contributed by atoms with Crippen molar-refractivity contribution in [1.82, 2.24) is 0 Å². The number of hydrogen-bond donors (Lipinski definition) is 1. The summed E-state index contributed by atoms with van der Waals surface area (Å²) < 4.78 is 0. The first-order valence-electron chi connectivity index (χ1n) is 9.20.